The van der Waals surface area contributed by atoms with E-state index in [-0.39, 0.29) is 16.9 Å². The van der Waals surface area contributed by atoms with E-state index in [0.717, 1.165) is 17.0 Å². The highest BCUT2D eigenvalue weighted by Crippen LogP contribution is 2.46. The van der Waals surface area contributed by atoms with Crippen LogP contribution in [0.2, 0.25) is 0 Å². The number of hydrazone groups is 1. The number of imide groups is 1. The van der Waals surface area contributed by atoms with Crippen LogP contribution in [-0.4, -0.2) is 45.8 Å². The first-order valence-corrected chi connectivity index (χ1v) is 10.2. The van der Waals surface area contributed by atoms with E-state index in [2.05, 4.69) is 5.10 Å². The van der Waals surface area contributed by atoms with Gasteiger partial charge in [-0.2, -0.15) is 5.10 Å². The number of nitro benzene ring substituents is 1. The van der Waals surface area contributed by atoms with E-state index in [1.54, 1.807) is 19.1 Å². The fraction of sp³-hybridized carbons (Fsp3) is 0.217. The molecule has 10 heteroatoms. The maximum atomic E-state index is 13.6. The lowest BCUT2D eigenvalue weighted by molar-refractivity contribution is -0.384. The summed E-state index contributed by atoms with van der Waals surface area (Å²) in [6, 6.07) is 7.23. The largest absolute Gasteiger partial charge is 0.292 e. The molecule has 2 aromatic carbocycles. The van der Waals surface area contributed by atoms with Gasteiger partial charge in [0.05, 0.1) is 28.5 Å². The molecule has 0 unspecified atom stereocenters. The van der Waals surface area contributed by atoms with Gasteiger partial charge < -0.3 is 0 Å². The Hall–Kier alpha value is -4.21. The quantitative estimate of drug-likeness (QED) is 0.308. The number of amides is 2. The van der Waals surface area contributed by atoms with Crippen LogP contribution in [0.25, 0.3) is 0 Å². The molecule has 166 valence electrons. The molecule has 2 amide bonds. The predicted octanol–water partition coefficient (Wildman–Crippen LogP) is 2.64. The molecule has 2 saturated heterocycles. The maximum Gasteiger partial charge on any atom is 0.269 e. The van der Waals surface area contributed by atoms with Gasteiger partial charge in [-0.05, 0) is 48.9 Å². The highest BCUT2D eigenvalue weighted by molar-refractivity contribution is 6.25. The first kappa shape index (κ1) is 20.7. The maximum absolute atomic E-state index is 13.6. The molecule has 0 spiro atoms. The van der Waals surface area contributed by atoms with Crippen LogP contribution in [0.4, 0.5) is 15.8 Å². The molecule has 0 N–H and O–H groups in total. The Kier molecular flexibility index (Phi) is 4.66. The zero-order chi connectivity index (χ0) is 23.4. The van der Waals surface area contributed by atoms with Crippen LogP contribution in [0.5, 0.6) is 0 Å². The average Bonchev–Trinajstić information content (AvgIpc) is 3.27. The number of benzene rings is 2. The lowest BCUT2D eigenvalue weighted by Gasteiger charge is -2.30. The van der Waals surface area contributed by atoms with Crippen LogP contribution in [-0.2, 0) is 9.59 Å². The van der Waals surface area contributed by atoms with Gasteiger partial charge in [0.15, 0.2) is 5.78 Å². The summed E-state index contributed by atoms with van der Waals surface area (Å²) >= 11 is 0. The van der Waals surface area contributed by atoms with Crippen molar-refractivity contribution in [2.24, 2.45) is 16.9 Å². The third kappa shape index (κ3) is 3.05. The van der Waals surface area contributed by atoms with Gasteiger partial charge in [0, 0.05) is 23.9 Å². The van der Waals surface area contributed by atoms with Crippen molar-refractivity contribution in [3.05, 3.63) is 81.7 Å². The Balaban J connectivity index is 1.57. The Bertz CT molecular complexity index is 1270. The Morgan fingerprint density at radius 2 is 1.79 bits per heavy atom. The van der Waals surface area contributed by atoms with E-state index in [0.29, 0.717) is 5.56 Å². The molecule has 9 nitrogen and oxygen atoms in total. The summed E-state index contributed by atoms with van der Waals surface area (Å²) in [5.74, 6) is -3.86. The zero-order valence-electron chi connectivity index (χ0n) is 17.3. The molecular formula is C23H17FN4O5. The first-order chi connectivity index (χ1) is 15.8. The third-order valence-corrected chi connectivity index (χ3v) is 6.32. The van der Waals surface area contributed by atoms with Crippen LogP contribution in [0.3, 0.4) is 0 Å². The van der Waals surface area contributed by atoms with Crippen molar-refractivity contribution in [3.8, 4) is 0 Å². The number of fused-ring (bicyclic) bond motifs is 3. The molecule has 33 heavy (non-hydrogen) atoms. The molecular weight excluding hydrogens is 431 g/mol. The number of Topliss-reactive ketones (excluding diaryl/α,β-unsaturated/α-hetero) is 1. The van der Waals surface area contributed by atoms with Crippen LogP contribution < -0.4 is 4.90 Å². The van der Waals surface area contributed by atoms with Gasteiger partial charge in [-0.25, -0.2) is 9.29 Å². The predicted molar refractivity (Wildman–Crippen MR) is 115 cm³/mol. The number of anilines is 1. The summed E-state index contributed by atoms with van der Waals surface area (Å²) in [4.78, 5) is 52.0. The smallest absolute Gasteiger partial charge is 0.269 e. The molecule has 3 aliphatic rings. The standard InChI is InChI=1S/C23H17FN4O5/c1-12-11-15(28(32)33)8-9-16(12)26-22(30)18-17-3-2-10-25-27(17)20(19(18)23(26)31)21(29)13-4-6-14(24)7-5-13/h2-11,17-20H,1H3/t17-,18+,19+,20-/m0/s1. The number of carbonyl (C=O) groups excluding carboxylic acids is 3. The molecule has 0 aromatic heterocycles. The first-order valence-electron chi connectivity index (χ1n) is 10.2. The summed E-state index contributed by atoms with van der Waals surface area (Å²) in [6.07, 6.45) is 4.86. The molecule has 0 radical (unpaired) electrons. The molecule has 4 atom stereocenters. The van der Waals surface area contributed by atoms with Crippen molar-refractivity contribution in [2.45, 2.75) is 19.0 Å². The van der Waals surface area contributed by atoms with Crippen molar-refractivity contribution in [1.29, 1.82) is 0 Å². The summed E-state index contributed by atoms with van der Waals surface area (Å²) in [5.41, 5.74) is 0.681. The fourth-order valence-electron chi connectivity index (χ4n) is 4.86. The van der Waals surface area contributed by atoms with Crippen LogP contribution >= 0.6 is 0 Å². The van der Waals surface area contributed by atoms with E-state index < -0.39 is 52.3 Å². The van der Waals surface area contributed by atoms with Gasteiger partial charge in [-0.3, -0.25) is 29.5 Å². The lowest BCUT2D eigenvalue weighted by atomic mass is 9.86. The minimum absolute atomic E-state index is 0.157. The highest BCUT2D eigenvalue weighted by Gasteiger charge is 2.64. The van der Waals surface area contributed by atoms with E-state index in [1.165, 1.54) is 41.6 Å². The summed E-state index contributed by atoms with van der Waals surface area (Å²) in [5, 5.41) is 16.8. The van der Waals surface area contributed by atoms with E-state index in [9.17, 15) is 28.9 Å². The molecule has 3 aliphatic heterocycles. The number of nitrogens with zero attached hydrogens (tertiary/aromatic N) is 4. The lowest BCUT2D eigenvalue weighted by Crippen LogP contribution is -2.46. The number of halogens is 1. The molecule has 3 heterocycles. The van der Waals surface area contributed by atoms with E-state index >= 15 is 0 Å². The zero-order valence-corrected chi connectivity index (χ0v) is 17.3. The van der Waals surface area contributed by atoms with Crippen LogP contribution in [0.1, 0.15) is 15.9 Å². The van der Waals surface area contributed by atoms with Crippen molar-refractivity contribution >= 4 is 35.2 Å². The van der Waals surface area contributed by atoms with Gasteiger partial charge in [0.1, 0.15) is 11.9 Å². The third-order valence-electron chi connectivity index (χ3n) is 6.32. The minimum atomic E-state index is -1.05. The molecule has 0 aliphatic carbocycles. The average molecular weight is 448 g/mol. The SMILES string of the molecule is Cc1cc([N+](=O)[O-])ccc1N1C(=O)[C@@H]2[C@H](C1=O)[C@@H]1C=CC=NN1[C@@H]2C(=O)c1ccc(F)cc1. The second-order valence-corrected chi connectivity index (χ2v) is 8.13. The van der Waals surface area contributed by atoms with Gasteiger partial charge in [-0.15, -0.1) is 0 Å². The van der Waals surface area contributed by atoms with Crippen molar-refractivity contribution in [2.75, 3.05) is 4.90 Å². The number of ketones is 1. The summed E-state index contributed by atoms with van der Waals surface area (Å²) in [6.45, 7) is 1.58. The van der Waals surface area contributed by atoms with Gasteiger partial charge in [0.25, 0.3) is 5.69 Å². The minimum Gasteiger partial charge on any atom is -0.292 e. The second kappa shape index (κ2) is 7.44. The Morgan fingerprint density at radius 1 is 1.09 bits per heavy atom. The second-order valence-electron chi connectivity index (χ2n) is 8.13. The number of rotatable bonds is 4. The summed E-state index contributed by atoms with van der Waals surface area (Å²) in [7, 11) is 0. The van der Waals surface area contributed by atoms with Crippen molar-refractivity contribution in [3.63, 3.8) is 0 Å². The fourth-order valence-corrected chi connectivity index (χ4v) is 4.86. The number of carbonyl (C=O) groups is 3. The van der Waals surface area contributed by atoms with Gasteiger partial charge >= 0.3 is 0 Å². The molecule has 0 bridgehead atoms. The Labute approximate surface area is 186 Å². The van der Waals surface area contributed by atoms with Gasteiger partial charge in [-0.1, -0.05) is 6.08 Å². The van der Waals surface area contributed by atoms with Crippen LogP contribution in [0.15, 0.2) is 59.7 Å². The number of non-ortho nitro benzene ring substituents is 1. The van der Waals surface area contributed by atoms with Crippen molar-refractivity contribution in [1.82, 2.24) is 5.01 Å². The number of nitro groups is 1. The monoisotopic (exact) mass is 448 g/mol. The van der Waals surface area contributed by atoms with Gasteiger partial charge in [0.2, 0.25) is 11.8 Å². The number of hydrogen-bond acceptors (Lipinski definition) is 7. The van der Waals surface area contributed by atoms with E-state index in [4.69, 9.17) is 0 Å². The number of aryl methyl sites for hydroxylation is 1. The normalized spacial score (nSPS) is 25.4. The molecule has 0 saturated carbocycles. The highest BCUT2D eigenvalue weighted by atomic mass is 19.1. The molecule has 2 fully saturated rings. The van der Waals surface area contributed by atoms with Crippen LogP contribution in [0, 0.1) is 34.7 Å². The topological polar surface area (TPSA) is 113 Å². The molecule has 2 aromatic rings. The number of hydrogen-bond donors (Lipinski definition) is 0. The number of allylic oxidation sites excluding steroid dienone is 1. The summed E-state index contributed by atoms with van der Waals surface area (Å²) < 4.78 is 13.4. The van der Waals surface area contributed by atoms with E-state index in [1.807, 2.05) is 0 Å². The molecule has 5 rings (SSSR count). The van der Waals surface area contributed by atoms with Crippen molar-refractivity contribution < 1.29 is 23.7 Å². The Morgan fingerprint density at radius 3 is 2.45 bits per heavy atom.